The topological polar surface area (TPSA) is 79.6 Å². The summed E-state index contributed by atoms with van der Waals surface area (Å²) in [4.78, 5) is 4.26. The highest BCUT2D eigenvalue weighted by Gasteiger charge is 2.17. The lowest BCUT2D eigenvalue weighted by Crippen LogP contribution is -1.96. The van der Waals surface area contributed by atoms with Gasteiger partial charge in [-0.1, -0.05) is 30.8 Å². The van der Waals surface area contributed by atoms with Crippen LogP contribution in [0.15, 0.2) is 41.1 Å². The van der Waals surface area contributed by atoms with Crippen LogP contribution in [0.3, 0.4) is 0 Å². The van der Waals surface area contributed by atoms with Gasteiger partial charge in [0.2, 0.25) is 0 Å². The monoisotopic (exact) mass is 347 g/mol. The van der Waals surface area contributed by atoms with Crippen molar-refractivity contribution in [2.75, 3.05) is 5.32 Å². The first-order valence-electron chi connectivity index (χ1n) is 9.31. The first-order valence-corrected chi connectivity index (χ1v) is 9.31. The predicted octanol–water partition coefficient (Wildman–Crippen LogP) is 4.97. The van der Waals surface area contributed by atoms with Gasteiger partial charge in [-0.05, 0) is 43.0 Å². The van der Waals surface area contributed by atoms with E-state index in [1.165, 1.54) is 32.1 Å². The molecule has 2 N–H and O–H groups in total. The molecule has 0 amide bonds. The molecule has 1 aliphatic rings. The number of benzene rings is 1. The average molecular weight is 347 g/mol. The van der Waals surface area contributed by atoms with Gasteiger partial charge < -0.3 is 9.84 Å². The van der Waals surface area contributed by atoms with Gasteiger partial charge in [0.05, 0.1) is 11.1 Å². The minimum absolute atomic E-state index is 0.758. The van der Waals surface area contributed by atoms with Crippen LogP contribution < -0.4 is 5.32 Å². The molecular formula is C20H21N5O. The maximum absolute atomic E-state index is 5.58. The molecule has 132 valence electrons. The molecule has 1 fully saturated rings. The summed E-state index contributed by atoms with van der Waals surface area (Å²) in [5, 5.41) is 17.0. The molecule has 0 unspecified atom stereocenters. The number of aromatic nitrogens is 4. The summed E-state index contributed by atoms with van der Waals surface area (Å²) in [6, 6.07) is 10.0. The van der Waals surface area contributed by atoms with Crippen LogP contribution >= 0.6 is 0 Å². The molecule has 1 aromatic carbocycles. The number of nitrogens with one attached hydrogen (secondary N) is 2. The van der Waals surface area contributed by atoms with Crippen LogP contribution in [0, 0.1) is 5.92 Å². The summed E-state index contributed by atoms with van der Waals surface area (Å²) in [5.74, 6) is 1.62. The maximum atomic E-state index is 5.58. The highest BCUT2D eigenvalue weighted by molar-refractivity contribution is 5.90. The number of rotatable bonds is 5. The fraction of sp³-hybridized carbons (Fsp3) is 0.350. The Morgan fingerprint density at radius 1 is 1.15 bits per heavy atom. The molecule has 3 aromatic heterocycles. The van der Waals surface area contributed by atoms with Crippen LogP contribution in [-0.2, 0) is 6.42 Å². The van der Waals surface area contributed by atoms with Crippen LogP contribution in [0.2, 0.25) is 0 Å². The Morgan fingerprint density at radius 3 is 3.00 bits per heavy atom. The van der Waals surface area contributed by atoms with Gasteiger partial charge in [0.25, 0.3) is 0 Å². The summed E-state index contributed by atoms with van der Waals surface area (Å²) in [5.41, 5.74) is 3.58. The third kappa shape index (κ3) is 2.81. The zero-order valence-corrected chi connectivity index (χ0v) is 14.5. The van der Waals surface area contributed by atoms with Gasteiger partial charge >= 0.3 is 0 Å². The smallest absolute Gasteiger partial charge is 0.169 e. The molecule has 6 heteroatoms. The van der Waals surface area contributed by atoms with E-state index in [2.05, 4.69) is 37.8 Å². The van der Waals surface area contributed by atoms with Gasteiger partial charge in [-0.2, -0.15) is 5.10 Å². The van der Waals surface area contributed by atoms with Gasteiger partial charge in [0.15, 0.2) is 17.0 Å². The van der Waals surface area contributed by atoms with Crippen LogP contribution in [0.1, 0.15) is 37.8 Å². The number of H-pyrrole nitrogens is 1. The Labute approximate surface area is 151 Å². The first kappa shape index (κ1) is 15.4. The fourth-order valence-electron chi connectivity index (χ4n) is 3.97. The van der Waals surface area contributed by atoms with Crippen molar-refractivity contribution >= 4 is 33.5 Å². The van der Waals surface area contributed by atoms with Crippen molar-refractivity contribution in [3.63, 3.8) is 0 Å². The highest BCUT2D eigenvalue weighted by Crippen LogP contribution is 2.31. The van der Waals surface area contributed by atoms with Gasteiger partial charge in [-0.3, -0.25) is 5.10 Å². The summed E-state index contributed by atoms with van der Waals surface area (Å²) < 4.78 is 5.58. The molecule has 0 bridgehead atoms. The van der Waals surface area contributed by atoms with Crippen molar-refractivity contribution in [3.05, 3.63) is 42.2 Å². The van der Waals surface area contributed by atoms with Gasteiger partial charge in [0.1, 0.15) is 0 Å². The fourth-order valence-corrected chi connectivity index (χ4v) is 3.97. The van der Waals surface area contributed by atoms with E-state index in [9.17, 15) is 0 Å². The standard InChI is InChI=1S/C20H21N5O/c1-2-5-13(4-1)7-10-17-15-9-8-14(12-18(15)26-25-17)22-20-16-6-3-11-21-19(16)23-24-20/h3,6,8-9,11-13H,1-2,4-5,7,10H2,(H2,21,22,23,24). The van der Waals surface area contributed by atoms with E-state index in [4.69, 9.17) is 4.52 Å². The molecule has 4 aromatic rings. The van der Waals surface area contributed by atoms with E-state index >= 15 is 0 Å². The van der Waals surface area contributed by atoms with Crippen molar-refractivity contribution in [1.82, 2.24) is 20.3 Å². The lowest BCUT2D eigenvalue weighted by Gasteiger charge is -2.06. The van der Waals surface area contributed by atoms with E-state index in [0.717, 1.165) is 51.5 Å². The van der Waals surface area contributed by atoms with Crippen LogP contribution in [-0.4, -0.2) is 20.3 Å². The van der Waals surface area contributed by atoms with E-state index in [1.807, 2.05) is 18.2 Å². The Bertz CT molecular complexity index is 1040. The molecule has 0 spiro atoms. The number of pyridine rings is 1. The molecule has 5 rings (SSSR count). The largest absolute Gasteiger partial charge is 0.356 e. The minimum atomic E-state index is 0.758. The molecule has 3 heterocycles. The number of nitrogens with zero attached hydrogens (tertiary/aromatic N) is 3. The Kier molecular flexibility index (Phi) is 3.81. The molecule has 0 atom stereocenters. The number of aromatic amines is 1. The van der Waals surface area contributed by atoms with Gasteiger partial charge in [-0.25, -0.2) is 4.98 Å². The minimum Gasteiger partial charge on any atom is -0.356 e. The maximum Gasteiger partial charge on any atom is 0.169 e. The third-order valence-electron chi connectivity index (χ3n) is 5.41. The van der Waals surface area contributed by atoms with Crippen LogP contribution in [0.25, 0.3) is 22.0 Å². The predicted molar refractivity (Wildman–Crippen MR) is 101 cm³/mol. The molecule has 0 aliphatic heterocycles. The quantitative estimate of drug-likeness (QED) is 0.533. The molecular weight excluding hydrogens is 326 g/mol. The van der Waals surface area contributed by atoms with E-state index in [-0.39, 0.29) is 0 Å². The van der Waals surface area contributed by atoms with Crippen molar-refractivity contribution in [2.24, 2.45) is 5.92 Å². The number of anilines is 2. The molecule has 6 nitrogen and oxygen atoms in total. The molecule has 26 heavy (non-hydrogen) atoms. The van der Waals surface area contributed by atoms with Crippen molar-refractivity contribution in [3.8, 4) is 0 Å². The Hall–Kier alpha value is -2.89. The second-order valence-electron chi connectivity index (χ2n) is 7.13. The second-order valence-corrected chi connectivity index (χ2v) is 7.13. The summed E-state index contributed by atoms with van der Waals surface area (Å²) in [7, 11) is 0. The normalized spacial score (nSPS) is 15.2. The van der Waals surface area contributed by atoms with Gasteiger partial charge in [-0.15, -0.1) is 0 Å². The summed E-state index contributed by atoms with van der Waals surface area (Å²) >= 11 is 0. The molecule has 0 saturated heterocycles. The molecule has 0 radical (unpaired) electrons. The highest BCUT2D eigenvalue weighted by atomic mass is 16.5. The zero-order valence-electron chi connectivity index (χ0n) is 14.5. The lowest BCUT2D eigenvalue weighted by atomic mass is 9.99. The molecule has 1 saturated carbocycles. The average Bonchev–Trinajstić information content (AvgIpc) is 3.40. The molecule has 1 aliphatic carbocycles. The zero-order chi connectivity index (χ0) is 17.3. The number of aryl methyl sites for hydroxylation is 1. The second kappa shape index (κ2) is 6.44. The summed E-state index contributed by atoms with van der Waals surface area (Å²) in [6.45, 7) is 0. The lowest BCUT2D eigenvalue weighted by molar-refractivity contribution is 0.434. The van der Waals surface area contributed by atoms with Crippen LogP contribution in [0.5, 0.6) is 0 Å². The number of fused-ring (bicyclic) bond motifs is 2. The number of hydrogen-bond donors (Lipinski definition) is 2. The van der Waals surface area contributed by atoms with E-state index in [1.54, 1.807) is 6.20 Å². The summed E-state index contributed by atoms with van der Waals surface area (Å²) in [6.07, 6.45) is 9.48. The van der Waals surface area contributed by atoms with Crippen molar-refractivity contribution in [1.29, 1.82) is 0 Å². The Morgan fingerprint density at radius 2 is 2.08 bits per heavy atom. The van der Waals surface area contributed by atoms with E-state index < -0.39 is 0 Å². The third-order valence-corrected chi connectivity index (χ3v) is 5.41. The van der Waals surface area contributed by atoms with Crippen LogP contribution in [0.4, 0.5) is 11.5 Å². The Balaban J connectivity index is 1.36. The van der Waals surface area contributed by atoms with E-state index in [0.29, 0.717) is 0 Å². The van der Waals surface area contributed by atoms with Gasteiger partial charge in [0, 0.05) is 23.3 Å². The SMILES string of the molecule is c1cnc2[nH]nc(Nc3ccc4c(CCC5CCCC5)noc4c3)c2c1. The number of hydrogen-bond acceptors (Lipinski definition) is 5. The van der Waals surface area contributed by atoms with Crippen molar-refractivity contribution in [2.45, 2.75) is 38.5 Å². The first-order chi connectivity index (χ1) is 12.9. The van der Waals surface area contributed by atoms with Crippen molar-refractivity contribution < 1.29 is 4.52 Å².